The number of nitrogens with zero attached hydrogens (tertiary/aromatic N) is 3. The van der Waals surface area contributed by atoms with Gasteiger partial charge in [-0.15, -0.1) is 11.3 Å². The first-order chi connectivity index (χ1) is 9.49. The summed E-state index contributed by atoms with van der Waals surface area (Å²) in [5.41, 5.74) is 0.710. The van der Waals surface area contributed by atoms with Gasteiger partial charge in [0, 0.05) is 18.0 Å². The van der Waals surface area contributed by atoms with E-state index < -0.39 is 5.60 Å². The molecule has 0 amide bonds. The SMILES string of the molecule is CCN(CC(C)(C)O)c1ncnc2sc3c(c12)CCC3. The standard InChI is InChI=1S/C15H21N3OS/c1-4-18(8-15(2,3)19)13-12-10-6-5-7-11(10)20-14(12)17-9-16-13/h9,19H,4-8H2,1-3H3. The van der Waals surface area contributed by atoms with E-state index in [9.17, 15) is 5.11 Å². The second-order valence-corrected chi connectivity index (χ2v) is 7.15. The topological polar surface area (TPSA) is 49.2 Å². The molecule has 108 valence electrons. The van der Waals surface area contributed by atoms with Gasteiger partial charge in [-0.1, -0.05) is 0 Å². The van der Waals surface area contributed by atoms with E-state index in [2.05, 4.69) is 21.8 Å². The lowest BCUT2D eigenvalue weighted by Gasteiger charge is -2.29. The van der Waals surface area contributed by atoms with Gasteiger partial charge in [0.1, 0.15) is 17.0 Å². The lowest BCUT2D eigenvalue weighted by molar-refractivity contribution is 0.0875. The molecule has 0 saturated carbocycles. The number of thiophene rings is 1. The number of anilines is 1. The Morgan fingerprint density at radius 3 is 2.85 bits per heavy atom. The first kappa shape index (κ1) is 13.8. The number of hydrogen-bond acceptors (Lipinski definition) is 5. The van der Waals surface area contributed by atoms with E-state index >= 15 is 0 Å². The molecule has 3 rings (SSSR count). The Bertz CT molecular complexity index is 630. The highest BCUT2D eigenvalue weighted by molar-refractivity contribution is 7.19. The first-order valence-corrected chi connectivity index (χ1v) is 8.04. The van der Waals surface area contributed by atoms with Crippen molar-refractivity contribution in [2.45, 2.75) is 45.6 Å². The van der Waals surface area contributed by atoms with Crippen LogP contribution in [0.15, 0.2) is 6.33 Å². The highest BCUT2D eigenvalue weighted by Gasteiger charge is 2.25. The lowest BCUT2D eigenvalue weighted by Crippen LogP contribution is -2.39. The van der Waals surface area contributed by atoms with Crippen molar-refractivity contribution in [3.8, 4) is 0 Å². The maximum atomic E-state index is 10.1. The second-order valence-electron chi connectivity index (χ2n) is 6.06. The summed E-state index contributed by atoms with van der Waals surface area (Å²) in [6.07, 6.45) is 5.20. The summed E-state index contributed by atoms with van der Waals surface area (Å²) in [4.78, 5) is 13.7. The van der Waals surface area contributed by atoms with Gasteiger partial charge < -0.3 is 10.0 Å². The molecule has 0 radical (unpaired) electrons. The quantitative estimate of drug-likeness (QED) is 0.941. The fraction of sp³-hybridized carbons (Fsp3) is 0.600. The molecular weight excluding hydrogens is 270 g/mol. The van der Waals surface area contributed by atoms with Gasteiger partial charge in [0.2, 0.25) is 0 Å². The maximum absolute atomic E-state index is 10.1. The van der Waals surface area contributed by atoms with E-state index in [1.807, 2.05) is 13.8 Å². The van der Waals surface area contributed by atoms with Crippen molar-refractivity contribution in [3.63, 3.8) is 0 Å². The van der Waals surface area contributed by atoms with Crippen molar-refractivity contribution in [2.75, 3.05) is 18.0 Å². The minimum absolute atomic E-state index is 0.584. The van der Waals surface area contributed by atoms with Crippen LogP contribution in [0.4, 0.5) is 5.82 Å². The molecule has 1 aliphatic rings. The molecule has 0 fully saturated rings. The molecule has 1 N–H and O–H groups in total. The van der Waals surface area contributed by atoms with Crippen molar-refractivity contribution in [1.29, 1.82) is 0 Å². The number of aromatic nitrogens is 2. The van der Waals surface area contributed by atoms with Crippen molar-refractivity contribution in [1.82, 2.24) is 9.97 Å². The molecule has 0 atom stereocenters. The third-order valence-electron chi connectivity index (χ3n) is 3.74. The monoisotopic (exact) mass is 291 g/mol. The van der Waals surface area contributed by atoms with Gasteiger partial charge >= 0.3 is 0 Å². The zero-order chi connectivity index (χ0) is 14.3. The van der Waals surface area contributed by atoms with Crippen LogP contribution in [0.3, 0.4) is 0 Å². The van der Waals surface area contributed by atoms with Gasteiger partial charge in [0.15, 0.2) is 0 Å². The van der Waals surface area contributed by atoms with Crippen molar-refractivity contribution in [3.05, 3.63) is 16.8 Å². The molecule has 5 heteroatoms. The molecule has 0 unspecified atom stereocenters. The summed E-state index contributed by atoms with van der Waals surface area (Å²) in [7, 11) is 0. The summed E-state index contributed by atoms with van der Waals surface area (Å²) in [5, 5.41) is 11.3. The molecule has 2 heterocycles. The van der Waals surface area contributed by atoms with Crippen LogP contribution < -0.4 is 4.90 Å². The molecule has 20 heavy (non-hydrogen) atoms. The summed E-state index contributed by atoms with van der Waals surface area (Å²) in [6.45, 7) is 7.20. The molecule has 1 aliphatic carbocycles. The Hall–Kier alpha value is -1.20. The average Bonchev–Trinajstić information content (AvgIpc) is 2.94. The van der Waals surface area contributed by atoms with E-state index in [0.29, 0.717) is 6.54 Å². The summed E-state index contributed by atoms with van der Waals surface area (Å²) in [5.74, 6) is 0.985. The molecule has 0 bridgehead atoms. The van der Waals surface area contributed by atoms with Crippen LogP contribution in [-0.4, -0.2) is 33.8 Å². The second kappa shape index (κ2) is 4.97. The Morgan fingerprint density at radius 2 is 2.15 bits per heavy atom. The van der Waals surface area contributed by atoms with Gasteiger partial charge in [-0.05, 0) is 45.6 Å². The Balaban J connectivity index is 2.10. The maximum Gasteiger partial charge on any atom is 0.141 e. The smallest absolute Gasteiger partial charge is 0.141 e. The van der Waals surface area contributed by atoms with Crippen LogP contribution in [0.5, 0.6) is 0 Å². The van der Waals surface area contributed by atoms with Gasteiger partial charge in [-0.2, -0.15) is 0 Å². The third-order valence-corrected chi connectivity index (χ3v) is 4.94. The fourth-order valence-electron chi connectivity index (χ4n) is 2.96. The zero-order valence-corrected chi connectivity index (χ0v) is 13.1. The number of rotatable bonds is 4. The minimum Gasteiger partial charge on any atom is -0.389 e. The van der Waals surface area contributed by atoms with Crippen molar-refractivity contribution >= 4 is 27.4 Å². The predicted octanol–water partition coefficient (Wildman–Crippen LogP) is 2.78. The van der Waals surface area contributed by atoms with E-state index in [4.69, 9.17) is 0 Å². The van der Waals surface area contributed by atoms with Crippen LogP contribution >= 0.6 is 11.3 Å². The van der Waals surface area contributed by atoms with Crippen LogP contribution in [0.1, 0.15) is 37.6 Å². The fourth-order valence-corrected chi connectivity index (χ4v) is 4.18. The van der Waals surface area contributed by atoms with Crippen LogP contribution in [0, 0.1) is 0 Å². The number of likely N-dealkylation sites (N-methyl/N-ethyl adjacent to an activating group) is 1. The third kappa shape index (κ3) is 2.40. The van der Waals surface area contributed by atoms with Gasteiger partial charge in [0.05, 0.1) is 11.0 Å². The number of aliphatic hydroxyl groups is 1. The minimum atomic E-state index is -0.730. The summed E-state index contributed by atoms with van der Waals surface area (Å²) >= 11 is 1.81. The normalized spacial score (nSPS) is 14.8. The molecule has 0 aromatic carbocycles. The average molecular weight is 291 g/mol. The highest BCUT2D eigenvalue weighted by Crippen LogP contribution is 2.40. The van der Waals surface area contributed by atoms with Gasteiger partial charge in [-0.25, -0.2) is 9.97 Å². The van der Waals surface area contributed by atoms with E-state index in [1.54, 1.807) is 17.7 Å². The number of aryl methyl sites for hydroxylation is 2. The van der Waals surface area contributed by atoms with E-state index in [0.717, 1.165) is 23.6 Å². The summed E-state index contributed by atoms with van der Waals surface area (Å²) < 4.78 is 0. The van der Waals surface area contributed by atoms with Gasteiger partial charge in [0.25, 0.3) is 0 Å². The molecular formula is C15H21N3OS. The summed E-state index contributed by atoms with van der Waals surface area (Å²) in [6, 6.07) is 0. The predicted molar refractivity (Wildman–Crippen MR) is 83.6 cm³/mol. The molecule has 4 nitrogen and oxygen atoms in total. The molecule has 0 spiro atoms. The van der Waals surface area contributed by atoms with Crippen LogP contribution in [0.2, 0.25) is 0 Å². The van der Waals surface area contributed by atoms with E-state index in [-0.39, 0.29) is 0 Å². The number of fused-ring (bicyclic) bond motifs is 3. The molecule has 2 aromatic heterocycles. The highest BCUT2D eigenvalue weighted by atomic mass is 32.1. The van der Waals surface area contributed by atoms with Crippen LogP contribution in [0.25, 0.3) is 10.2 Å². The molecule has 0 aliphatic heterocycles. The Morgan fingerprint density at radius 1 is 1.35 bits per heavy atom. The largest absolute Gasteiger partial charge is 0.389 e. The Kier molecular flexibility index (Phi) is 3.42. The number of hydrogen-bond donors (Lipinski definition) is 1. The van der Waals surface area contributed by atoms with Gasteiger partial charge in [-0.3, -0.25) is 0 Å². The van der Waals surface area contributed by atoms with Crippen molar-refractivity contribution in [2.24, 2.45) is 0 Å². The Labute approximate surface area is 123 Å². The first-order valence-electron chi connectivity index (χ1n) is 7.22. The van der Waals surface area contributed by atoms with Crippen molar-refractivity contribution < 1.29 is 5.11 Å². The molecule has 0 saturated heterocycles. The van der Waals surface area contributed by atoms with E-state index in [1.165, 1.54) is 28.7 Å². The zero-order valence-electron chi connectivity index (χ0n) is 12.3. The van der Waals surface area contributed by atoms with Crippen LogP contribution in [-0.2, 0) is 12.8 Å². The lowest BCUT2D eigenvalue weighted by atomic mass is 10.1. The molecule has 2 aromatic rings.